The summed E-state index contributed by atoms with van der Waals surface area (Å²) in [5.74, 6) is -2.46. The van der Waals surface area contributed by atoms with Crippen molar-refractivity contribution >= 4 is 62.5 Å². The molecule has 14 nitrogen and oxygen atoms in total. The lowest BCUT2D eigenvalue weighted by molar-refractivity contribution is -0.419. The van der Waals surface area contributed by atoms with Crippen molar-refractivity contribution in [3.05, 3.63) is 101 Å². The highest BCUT2D eigenvalue weighted by Gasteiger charge is 2.39. The minimum Gasteiger partial charge on any atom is -0.456 e. The number of rotatable bonds is 12. The number of allylic oxidation sites excluding steroid dienone is 4. The molecule has 58 heavy (non-hydrogen) atoms. The number of carbonyl (C=O) groups excluding carboxylic acids is 5. The minimum absolute atomic E-state index is 0.245. The lowest BCUT2D eigenvalue weighted by atomic mass is 9.81. The summed E-state index contributed by atoms with van der Waals surface area (Å²) in [6.07, 6.45) is 6.98. The van der Waals surface area contributed by atoms with Crippen LogP contribution in [0.4, 0.5) is 5.69 Å². The second-order valence-corrected chi connectivity index (χ2v) is 16.0. The number of thioether (sulfide) groups is 1. The molecule has 0 saturated heterocycles. The third-order valence-electron chi connectivity index (χ3n) is 10.5. The van der Waals surface area contributed by atoms with Gasteiger partial charge < -0.3 is 40.6 Å². The average Bonchev–Trinajstić information content (AvgIpc) is 3.41. The maximum Gasteiger partial charge on any atom is 0.410 e. The fourth-order valence-corrected chi connectivity index (χ4v) is 8.00. The zero-order valence-corrected chi connectivity index (χ0v) is 33.6. The van der Waals surface area contributed by atoms with Gasteiger partial charge in [-0.2, -0.15) is 4.99 Å². The molecule has 0 spiro atoms. The Morgan fingerprint density at radius 3 is 2.28 bits per heavy atom. The Kier molecular flexibility index (Phi) is 13.0. The number of fused-ring (bicyclic) bond motifs is 5. The van der Waals surface area contributed by atoms with E-state index in [1.165, 1.54) is 34.6 Å². The summed E-state index contributed by atoms with van der Waals surface area (Å²) in [7, 11) is 2.10. The Morgan fingerprint density at radius 1 is 0.879 bits per heavy atom. The van der Waals surface area contributed by atoms with Gasteiger partial charge in [-0.25, -0.2) is 4.79 Å². The quantitative estimate of drug-likeness (QED) is 0.106. The van der Waals surface area contributed by atoms with E-state index in [4.69, 9.17) is 4.42 Å². The van der Waals surface area contributed by atoms with Crippen LogP contribution in [-0.4, -0.2) is 94.8 Å². The smallest absolute Gasteiger partial charge is 0.410 e. The Labute approximate surface area is 339 Å². The summed E-state index contributed by atoms with van der Waals surface area (Å²) in [5.41, 5.74) is 6.38. The number of aliphatic hydroxyl groups is 3. The van der Waals surface area contributed by atoms with Crippen LogP contribution >= 0.6 is 11.8 Å². The largest absolute Gasteiger partial charge is 0.456 e. The first-order valence-corrected chi connectivity index (χ1v) is 20.0. The number of amides is 4. The summed E-state index contributed by atoms with van der Waals surface area (Å²) >= 11 is 0.709. The highest BCUT2D eigenvalue weighted by atomic mass is 32.2. The standard InChI is InChI=1S/C43H47N5O9S/c1-24(52)58-23-37(53)45-31(20-49)41(55)47-33(22-51)42(56)46-32(21-50)40(54)44-29-15-12-27-18-28-10-7-9-26(39(28)57-35(27)19-29)14-17-36-43(2,3)38-30-11-6-5-8-25(30)13-16-34(38)48(36)4/h5-6,8,11-19,31-33,49-51H,7,9-10,20-23H2,1-4H3,(H,45,53)(H,46,56)(H,47,55)/p+1/b26-14+,36-17+,44-29?/t31?,32?,33-/m1/s1. The van der Waals surface area contributed by atoms with Crippen LogP contribution in [0.15, 0.2) is 82.9 Å². The lowest BCUT2D eigenvalue weighted by Gasteiger charge is -2.25. The van der Waals surface area contributed by atoms with Gasteiger partial charge >= 0.3 is 5.91 Å². The topological polar surface area (TPSA) is 212 Å². The molecule has 2 aliphatic heterocycles. The van der Waals surface area contributed by atoms with Gasteiger partial charge in [-0.05, 0) is 71.0 Å². The first-order valence-electron chi connectivity index (χ1n) is 19.0. The molecule has 2 aliphatic carbocycles. The van der Waals surface area contributed by atoms with Crippen molar-refractivity contribution in [3.63, 3.8) is 0 Å². The number of aryl methyl sites for hydroxylation is 1. The Bertz CT molecular complexity index is 2370. The number of benzene rings is 3. The Morgan fingerprint density at radius 2 is 1.57 bits per heavy atom. The Balaban J connectivity index is 1.19. The van der Waals surface area contributed by atoms with E-state index < -0.39 is 61.6 Å². The van der Waals surface area contributed by atoms with Crippen LogP contribution in [-0.2, 0) is 35.8 Å². The first-order chi connectivity index (χ1) is 27.7. The number of aliphatic hydroxyl groups excluding tert-OH is 3. The highest BCUT2D eigenvalue weighted by molar-refractivity contribution is 8.14. The number of hydrogen-bond acceptors (Lipinski definition) is 11. The summed E-state index contributed by atoms with van der Waals surface area (Å²) < 4.78 is 6.53. The average molecular weight is 811 g/mol. The maximum atomic E-state index is 13.3. The molecule has 304 valence electrons. The van der Waals surface area contributed by atoms with Crippen molar-refractivity contribution in [3.8, 4) is 11.3 Å². The van der Waals surface area contributed by atoms with E-state index in [9.17, 15) is 39.3 Å². The van der Waals surface area contributed by atoms with Gasteiger partial charge in [0, 0.05) is 42.4 Å². The van der Waals surface area contributed by atoms with Crippen LogP contribution < -0.4 is 31.2 Å². The third-order valence-corrected chi connectivity index (χ3v) is 11.3. The van der Waals surface area contributed by atoms with Crippen molar-refractivity contribution in [2.45, 2.75) is 63.6 Å². The zero-order chi connectivity index (χ0) is 41.7. The fourth-order valence-electron chi connectivity index (χ4n) is 7.58. The molecule has 3 atom stereocenters. The van der Waals surface area contributed by atoms with Crippen LogP contribution in [0, 0.1) is 0 Å². The molecule has 4 aliphatic rings. The van der Waals surface area contributed by atoms with Crippen LogP contribution in [0.5, 0.6) is 0 Å². The number of carbonyl (C=O) groups is 5. The molecule has 2 heterocycles. The summed E-state index contributed by atoms with van der Waals surface area (Å²) in [5, 5.41) is 38.7. The first kappa shape index (κ1) is 42.0. The van der Waals surface area contributed by atoms with Gasteiger partial charge in [0.05, 0.1) is 31.6 Å². The van der Waals surface area contributed by atoms with Crippen molar-refractivity contribution < 1.29 is 48.7 Å². The van der Waals surface area contributed by atoms with Gasteiger partial charge in [-0.1, -0.05) is 62.0 Å². The van der Waals surface area contributed by atoms with E-state index in [0.717, 1.165) is 41.7 Å². The van der Waals surface area contributed by atoms with Gasteiger partial charge in [-0.3, -0.25) is 19.2 Å². The van der Waals surface area contributed by atoms with E-state index in [-0.39, 0.29) is 16.3 Å². The zero-order valence-electron chi connectivity index (χ0n) is 32.8. The monoisotopic (exact) mass is 810 g/mol. The molecule has 0 saturated carbocycles. The van der Waals surface area contributed by atoms with Crippen molar-refractivity contribution in [1.82, 2.24) is 16.0 Å². The molecule has 4 amide bonds. The van der Waals surface area contributed by atoms with Crippen LogP contribution in [0.25, 0.3) is 27.7 Å². The van der Waals surface area contributed by atoms with Crippen molar-refractivity contribution in [1.29, 1.82) is 0 Å². The van der Waals surface area contributed by atoms with E-state index >= 15 is 0 Å². The number of nitrogens with zero attached hydrogens (tertiary/aromatic N) is 1. The van der Waals surface area contributed by atoms with Gasteiger partial charge in [0.25, 0.3) is 0 Å². The molecular formula is C43H48N5O9S+. The maximum absolute atomic E-state index is 13.3. The van der Waals surface area contributed by atoms with Crippen LogP contribution in [0.3, 0.4) is 0 Å². The second kappa shape index (κ2) is 17.9. The summed E-state index contributed by atoms with van der Waals surface area (Å²) in [4.78, 5) is 67.1. The van der Waals surface area contributed by atoms with Crippen LogP contribution in [0.2, 0.25) is 0 Å². The van der Waals surface area contributed by atoms with E-state index in [1.54, 1.807) is 12.1 Å². The number of hydrogen-bond donors (Lipinski definition) is 7. The fraction of sp³-hybridized carbons (Fsp3) is 0.349. The van der Waals surface area contributed by atoms with Gasteiger partial charge in [0.15, 0.2) is 11.2 Å². The molecule has 0 radical (unpaired) electrons. The lowest BCUT2D eigenvalue weighted by Crippen LogP contribution is -2.85. The molecule has 15 heteroatoms. The van der Waals surface area contributed by atoms with Gasteiger partial charge in [0.1, 0.15) is 23.6 Å². The van der Waals surface area contributed by atoms with E-state index in [0.29, 0.717) is 22.9 Å². The molecule has 7 N–H and O–H groups in total. The number of likely N-dealkylation sites (N-methyl/N-ethyl adjacent to an activating group) is 1. The molecule has 0 bridgehead atoms. The highest BCUT2D eigenvalue weighted by Crippen LogP contribution is 2.50. The third kappa shape index (κ3) is 8.92. The molecular weight excluding hydrogens is 763 g/mol. The molecule has 2 aromatic carbocycles. The predicted octanol–water partition coefficient (Wildman–Crippen LogP) is 0.788. The minimum atomic E-state index is -1.59. The second-order valence-electron chi connectivity index (χ2n) is 14.9. The van der Waals surface area contributed by atoms with E-state index in [2.05, 4.69) is 101 Å². The number of nitrogens with one attached hydrogen (secondary N) is 4. The molecule has 2 aromatic rings. The normalized spacial score (nSPS) is 17.8. The molecule has 0 fully saturated rings. The molecule has 2 unspecified atom stereocenters. The molecule has 6 rings (SSSR count). The SMILES string of the molecule is CC(=O)SCC(=O)NC(CO)C(=O)N[C@H](CO)C(=O)NC(CO)C(=O)[NH+]=c1ccc2cc3c(oc-2c1)/C(=C/C=C1/N(C)c2ccc4ccccc4c2C1(C)C)CCC3. The molecule has 0 aromatic heterocycles. The summed E-state index contributed by atoms with van der Waals surface area (Å²) in [6, 6.07) is 15.5. The van der Waals surface area contributed by atoms with Crippen LogP contribution in [0.1, 0.15) is 50.5 Å². The van der Waals surface area contributed by atoms with Gasteiger partial charge in [-0.15, -0.1) is 0 Å². The van der Waals surface area contributed by atoms with E-state index in [1.807, 2.05) is 6.07 Å². The van der Waals surface area contributed by atoms with Crippen molar-refractivity contribution in [2.24, 2.45) is 0 Å². The number of anilines is 1. The van der Waals surface area contributed by atoms with Gasteiger partial charge in [0.2, 0.25) is 23.1 Å². The summed E-state index contributed by atoms with van der Waals surface area (Å²) in [6.45, 7) is 3.24. The Hall–Kier alpha value is -5.61. The predicted molar refractivity (Wildman–Crippen MR) is 219 cm³/mol. The van der Waals surface area contributed by atoms with Crippen molar-refractivity contribution in [2.75, 3.05) is 37.5 Å².